The largest absolute Gasteiger partial charge is 0.481 e. The number of allylic oxidation sites excluding steroid dienone is 2. The molecule has 1 aromatic carbocycles. The predicted molar refractivity (Wildman–Crippen MR) is 95.5 cm³/mol. The molecule has 1 amide bonds. The summed E-state index contributed by atoms with van der Waals surface area (Å²) in [4.78, 5) is 36.1. The van der Waals surface area contributed by atoms with Crippen molar-refractivity contribution in [1.82, 2.24) is 0 Å². The molecule has 0 aromatic heterocycles. The third-order valence-electron chi connectivity index (χ3n) is 4.98. The number of rotatable bonds is 6. The van der Waals surface area contributed by atoms with Crippen LogP contribution in [0.5, 0.6) is 0 Å². The fourth-order valence-corrected chi connectivity index (χ4v) is 3.76. The van der Waals surface area contributed by atoms with Crippen LogP contribution in [0.4, 0.5) is 5.69 Å². The molecule has 0 aliphatic heterocycles. The van der Waals surface area contributed by atoms with E-state index in [1.807, 2.05) is 26.0 Å². The number of benzene rings is 1. The van der Waals surface area contributed by atoms with E-state index in [9.17, 15) is 19.5 Å². The number of amides is 1. The van der Waals surface area contributed by atoms with Gasteiger partial charge in [-0.05, 0) is 48.4 Å². The Labute approximate surface area is 152 Å². The van der Waals surface area contributed by atoms with Gasteiger partial charge >= 0.3 is 11.9 Å². The van der Waals surface area contributed by atoms with Crippen molar-refractivity contribution in [2.75, 3.05) is 11.9 Å². The van der Waals surface area contributed by atoms with E-state index in [1.54, 1.807) is 24.3 Å². The lowest BCUT2D eigenvalue weighted by molar-refractivity contribution is -0.146. The first-order valence-electron chi connectivity index (χ1n) is 8.86. The molecule has 6 heteroatoms. The third-order valence-corrected chi connectivity index (χ3v) is 4.98. The number of anilines is 1. The summed E-state index contributed by atoms with van der Waals surface area (Å²) in [5, 5.41) is 12.2. The van der Waals surface area contributed by atoms with Crippen LogP contribution in [0.2, 0.25) is 0 Å². The van der Waals surface area contributed by atoms with E-state index in [2.05, 4.69) is 5.32 Å². The zero-order chi connectivity index (χ0) is 18.8. The summed E-state index contributed by atoms with van der Waals surface area (Å²) < 4.78 is 5.17. The summed E-state index contributed by atoms with van der Waals surface area (Å²) in [5.41, 5.74) is 0.946. The van der Waals surface area contributed by atoms with Crippen LogP contribution >= 0.6 is 0 Å². The van der Waals surface area contributed by atoms with Crippen LogP contribution in [0.3, 0.4) is 0 Å². The van der Waals surface area contributed by atoms with Crippen molar-refractivity contribution in [3.8, 4) is 0 Å². The first kappa shape index (κ1) is 18.2. The molecule has 3 rings (SSSR count). The van der Waals surface area contributed by atoms with E-state index in [1.165, 1.54) is 0 Å². The van der Waals surface area contributed by atoms with E-state index in [4.69, 9.17) is 4.74 Å². The number of carbonyl (C=O) groups excluding carboxylic acids is 2. The molecule has 1 saturated carbocycles. The molecule has 0 radical (unpaired) electrons. The molecule has 2 N–H and O–H groups in total. The summed E-state index contributed by atoms with van der Waals surface area (Å²) in [5.74, 6) is -2.67. The van der Waals surface area contributed by atoms with Gasteiger partial charge in [-0.1, -0.05) is 26.0 Å². The van der Waals surface area contributed by atoms with Crippen LogP contribution in [0, 0.1) is 29.6 Å². The van der Waals surface area contributed by atoms with Crippen molar-refractivity contribution in [2.24, 2.45) is 29.6 Å². The highest BCUT2D eigenvalue weighted by Gasteiger charge is 2.51. The van der Waals surface area contributed by atoms with E-state index in [0.717, 1.165) is 6.42 Å². The first-order chi connectivity index (χ1) is 12.4. The lowest BCUT2D eigenvalue weighted by atomic mass is 9.82. The molecule has 1 aromatic rings. The molecule has 2 aliphatic carbocycles. The second-order valence-corrected chi connectivity index (χ2v) is 7.40. The van der Waals surface area contributed by atoms with Gasteiger partial charge in [0, 0.05) is 5.69 Å². The average Bonchev–Trinajstić information content (AvgIpc) is 3.21. The molecular formula is C20H23NO5. The fourth-order valence-electron chi connectivity index (χ4n) is 3.76. The average molecular weight is 357 g/mol. The molecule has 4 atom stereocenters. The van der Waals surface area contributed by atoms with Gasteiger partial charge in [-0.15, -0.1) is 0 Å². The highest BCUT2D eigenvalue weighted by atomic mass is 16.5. The van der Waals surface area contributed by atoms with Gasteiger partial charge in [0.15, 0.2) is 0 Å². The Morgan fingerprint density at radius 2 is 1.73 bits per heavy atom. The Balaban J connectivity index is 1.64. The van der Waals surface area contributed by atoms with E-state index >= 15 is 0 Å². The highest BCUT2D eigenvalue weighted by molar-refractivity contribution is 5.97. The second-order valence-electron chi connectivity index (χ2n) is 7.40. The Kier molecular flexibility index (Phi) is 5.11. The molecule has 0 heterocycles. The molecule has 2 aliphatic rings. The van der Waals surface area contributed by atoms with Crippen LogP contribution < -0.4 is 5.32 Å². The molecule has 6 nitrogen and oxygen atoms in total. The van der Waals surface area contributed by atoms with Gasteiger partial charge in [-0.2, -0.15) is 0 Å². The Bertz CT molecular complexity index is 737. The minimum absolute atomic E-state index is 0.0219. The number of carboxylic acids is 1. The van der Waals surface area contributed by atoms with Gasteiger partial charge in [0.05, 0.1) is 24.0 Å². The molecule has 26 heavy (non-hydrogen) atoms. The van der Waals surface area contributed by atoms with E-state index < -0.39 is 23.8 Å². The molecule has 0 saturated heterocycles. The van der Waals surface area contributed by atoms with Crippen LogP contribution in [0.25, 0.3) is 0 Å². The quantitative estimate of drug-likeness (QED) is 0.603. The number of nitrogens with one attached hydrogen (secondary N) is 1. The molecule has 138 valence electrons. The number of fused-ring (bicyclic) bond motifs is 2. The van der Waals surface area contributed by atoms with Gasteiger partial charge in [0.25, 0.3) is 0 Å². The van der Waals surface area contributed by atoms with Crippen LogP contribution in [0.1, 0.15) is 30.6 Å². The van der Waals surface area contributed by atoms with Crippen molar-refractivity contribution >= 4 is 23.5 Å². The molecule has 0 spiro atoms. The smallest absolute Gasteiger partial charge is 0.338 e. The number of aliphatic carboxylic acids is 1. The number of hydrogen-bond donors (Lipinski definition) is 2. The maximum Gasteiger partial charge on any atom is 0.338 e. The van der Waals surface area contributed by atoms with Gasteiger partial charge in [0.1, 0.15) is 0 Å². The third kappa shape index (κ3) is 3.64. The summed E-state index contributed by atoms with van der Waals surface area (Å²) in [6, 6.07) is 6.44. The summed E-state index contributed by atoms with van der Waals surface area (Å²) in [7, 11) is 0. The second kappa shape index (κ2) is 7.32. The van der Waals surface area contributed by atoms with Crippen molar-refractivity contribution < 1.29 is 24.2 Å². The standard InChI is InChI=1S/C20H23NO5/c1-11(2)10-26-20(25)12-5-7-15(8-6-12)21-18(22)16-13-3-4-14(9-13)17(16)19(23)24/h3-8,11,13-14,16-17H,9-10H2,1-2H3,(H,21,22)(H,23,24)/t13-,14+,16-,17+/m1/s1. The molecule has 1 fully saturated rings. The van der Waals surface area contributed by atoms with Crippen LogP contribution in [-0.2, 0) is 14.3 Å². The lowest BCUT2D eigenvalue weighted by Gasteiger charge is -2.23. The number of hydrogen-bond acceptors (Lipinski definition) is 4. The molecule has 2 bridgehead atoms. The first-order valence-corrected chi connectivity index (χ1v) is 8.86. The Morgan fingerprint density at radius 1 is 1.12 bits per heavy atom. The predicted octanol–water partition coefficient (Wildman–Crippen LogP) is 2.96. The van der Waals surface area contributed by atoms with E-state index in [-0.39, 0.29) is 23.7 Å². The van der Waals surface area contributed by atoms with Crippen molar-refractivity contribution in [3.05, 3.63) is 42.0 Å². The Morgan fingerprint density at radius 3 is 2.31 bits per heavy atom. The van der Waals surface area contributed by atoms with Gasteiger partial charge in [-0.3, -0.25) is 9.59 Å². The summed E-state index contributed by atoms with van der Waals surface area (Å²) >= 11 is 0. The minimum atomic E-state index is -0.926. The Hall–Kier alpha value is -2.63. The topological polar surface area (TPSA) is 92.7 Å². The van der Waals surface area contributed by atoms with Crippen molar-refractivity contribution in [3.63, 3.8) is 0 Å². The van der Waals surface area contributed by atoms with E-state index in [0.29, 0.717) is 17.9 Å². The monoisotopic (exact) mass is 357 g/mol. The van der Waals surface area contributed by atoms with Gasteiger partial charge < -0.3 is 15.2 Å². The molecule has 0 unspecified atom stereocenters. The zero-order valence-corrected chi connectivity index (χ0v) is 14.8. The highest BCUT2D eigenvalue weighted by Crippen LogP contribution is 2.48. The van der Waals surface area contributed by atoms with Crippen LogP contribution in [0.15, 0.2) is 36.4 Å². The van der Waals surface area contributed by atoms with Crippen molar-refractivity contribution in [2.45, 2.75) is 20.3 Å². The maximum absolute atomic E-state index is 12.6. The lowest BCUT2D eigenvalue weighted by Crippen LogP contribution is -2.36. The fraction of sp³-hybridized carbons (Fsp3) is 0.450. The maximum atomic E-state index is 12.6. The number of esters is 1. The SMILES string of the molecule is CC(C)COC(=O)c1ccc(NC(=O)[C@H]2[C@@H](C(=O)O)[C@H]3C=C[C@@H]2C3)cc1. The number of carbonyl (C=O) groups is 3. The minimum Gasteiger partial charge on any atom is -0.481 e. The van der Waals surface area contributed by atoms with Crippen LogP contribution in [-0.4, -0.2) is 29.6 Å². The summed E-state index contributed by atoms with van der Waals surface area (Å²) in [6.07, 6.45) is 4.57. The number of carboxylic acid groups (broad SMARTS) is 1. The summed E-state index contributed by atoms with van der Waals surface area (Å²) in [6.45, 7) is 4.27. The number of ether oxygens (including phenoxy) is 1. The molecular weight excluding hydrogens is 334 g/mol. The normalized spacial score (nSPS) is 26.1. The van der Waals surface area contributed by atoms with Gasteiger partial charge in [-0.25, -0.2) is 4.79 Å². The van der Waals surface area contributed by atoms with Crippen molar-refractivity contribution in [1.29, 1.82) is 0 Å². The van der Waals surface area contributed by atoms with Gasteiger partial charge in [0.2, 0.25) is 5.91 Å². The zero-order valence-electron chi connectivity index (χ0n) is 14.8.